The number of aliphatic carboxylic acids is 1. The summed E-state index contributed by atoms with van der Waals surface area (Å²) in [7, 11) is 1.55. The number of hydrogen-bond donors (Lipinski definition) is 3. The SMILES string of the molecule is COc1cc(CNC(C(=O)O)c2cc(C(C)(C)C)c(O)c(C(C)(C)C)c2)cc2c1OCO2. The van der Waals surface area contributed by atoms with Gasteiger partial charge < -0.3 is 24.4 Å². The standard InChI is InChI=1S/C25H33NO6/c1-24(2,3)16-10-15(11-17(21(16)27)25(4,5)6)20(23(28)29)26-12-14-8-18(30-7)22-19(9-14)31-13-32-22/h8-11,20,26-27H,12-13H2,1-7H3,(H,28,29). The normalized spacial score (nSPS) is 14.3. The predicted octanol–water partition coefficient (Wildman–Crippen LogP) is 4.64. The van der Waals surface area contributed by atoms with E-state index >= 15 is 0 Å². The molecule has 1 unspecified atom stereocenters. The Morgan fingerprint density at radius 2 is 1.66 bits per heavy atom. The first kappa shape index (κ1) is 23.7. The minimum atomic E-state index is -0.997. The van der Waals surface area contributed by atoms with E-state index < -0.39 is 12.0 Å². The Morgan fingerprint density at radius 3 is 2.16 bits per heavy atom. The van der Waals surface area contributed by atoms with Gasteiger partial charge in [0.15, 0.2) is 11.5 Å². The van der Waals surface area contributed by atoms with Crippen LogP contribution >= 0.6 is 0 Å². The lowest BCUT2D eigenvalue weighted by Gasteiger charge is -2.29. The molecular weight excluding hydrogens is 410 g/mol. The molecule has 32 heavy (non-hydrogen) atoms. The van der Waals surface area contributed by atoms with Crippen molar-refractivity contribution in [3.63, 3.8) is 0 Å². The van der Waals surface area contributed by atoms with E-state index in [4.69, 9.17) is 14.2 Å². The second-order valence-electron chi connectivity index (χ2n) is 10.1. The lowest BCUT2D eigenvalue weighted by molar-refractivity contribution is -0.139. The van der Waals surface area contributed by atoms with Gasteiger partial charge in [-0.05, 0) is 57.3 Å². The molecule has 0 amide bonds. The Kier molecular flexibility index (Phi) is 6.33. The van der Waals surface area contributed by atoms with Crippen molar-refractivity contribution in [3.8, 4) is 23.0 Å². The molecule has 0 bridgehead atoms. The highest BCUT2D eigenvalue weighted by atomic mass is 16.7. The van der Waals surface area contributed by atoms with Crippen LogP contribution in [0.25, 0.3) is 0 Å². The average molecular weight is 444 g/mol. The number of hydrogen-bond acceptors (Lipinski definition) is 6. The van der Waals surface area contributed by atoms with Crippen LogP contribution in [0.15, 0.2) is 24.3 Å². The second-order valence-corrected chi connectivity index (χ2v) is 10.1. The molecule has 1 aliphatic rings. The number of rotatable bonds is 6. The van der Waals surface area contributed by atoms with Crippen molar-refractivity contribution in [1.82, 2.24) is 5.32 Å². The van der Waals surface area contributed by atoms with Crippen LogP contribution in [-0.4, -0.2) is 30.1 Å². The second kappa shape index (κ2) is 8.54. The van der Waals surface area contributed by atoms with Crippen LogP contribution in [0.2, 0.25) is 0 Å². The number of fused-ring (bicyclic) bond motifs is 1. The minimum absolute atomic E-state index is 0.124. The van der Waals surface area contributed by atoms with E-state index in [1.807, 2.05) is 47.6 Å². The molecule has 1 atom stereocenters. The van der Waals surface area contributed by atoms with Crippen molar-refractivity contribution in [2.24, 2.45) is 0 Å². The maximum atomic E-state index is 12.2. The Balaban J connectivity index is 1.98. The summed E-state index contributed by atoms with van der Waals surface area (Å²) in [5.74, 6) is 0.886. The van der Waals surface area contributed by atoms with Crippen molar-refractivity contribution in [2.45, 2.75) is 65.0 Å². The Bertz CT molecular complexity index is 981. The number of ether oxygens (including phenoxy) is 3. The Labute approximate surface area is 189 Å². The summed E-state index contributed by atoms with van der Waals surface area (Å²) >= 11 is 0. The van der Waals surface area contributed by atoms with Gasteiger partial charge in [0.2, 0.25) is 12.5 Å². The monoisotopic (exact) mass is 443 g/mol. The summed E-state index contributed by atoms with van der Waals surface area (Å²) in [6, 6.07) is 6.23. The van der Waals surface area contributed by atoms with E-state index in [0.29, 0.717) is 22.8 Å². The van der Waals surface area contributed by atoms with Gasteiger partial charge in [0.05, 0.1) is 7.11 Å². The van der Waals surface area contributed by atoms with Gasteiger partial charge in [-0.3, -0.25) is 10.1 Å². The van der Waals surface area contributed by atoms with Gasteiger partial charge in [0.25, 0.3) is 0 Å². The van der Waals surface area contributed by atoms with Gasteiger partial charge in [-0.25, -0.2) is 0 Å². The van der Waals surface area contributed by atoms with Crippen LogP contribution in [0.5, 0.6) is 23.0 Å². The molecule has 3 rings (SSSR count). The molecule has 7 heteroatoms. The van der Waals surface area contributed by atoms with Gasteiger partial charge in [0, 0.05) is 6.54 Å². The van der Waals surface area contributed by atoms with Gasteiger partial charge in [-0.2, -0.15) is 0 Å². The fourth-order valence-corrected chi connectivity index (χ4v) is 3.82. The fraction of sp³-hybridized carbons (Fsp3) is 0.480. The van der Waals surface area contributed by atoms with Gasteiger partial charge in [-0.1, -0.05) is 41.5 Å². The number of carboxylic acid groups (broad SMARTS) is 1. The van der Waals surface area contributed by atoms with Crippen LogP contribution in [0.1, 0.15) is 69.8 Å². The molecule has 2 aromatic carbocycles. The van der Waals surface area contributed by atoms with Gasteiger partial charge in [0.1, 0.15) is 11.8 Å². The summed E-state index contributed by atoms with van der Waals surface area (Å²) in [4.78, 5) is 12.2. The topological polar surface area (TPSA) is 97.3 Å². The molecule has 0 aromatic heterocycles. The lowest BCUT2D eigenvalue weighted by Crippen LogP contribution is -2.29. The van der Waals surface area contributed by atoms with Crippen molar-refractivity contribution in [3.05, 3.63) is 46.5 Å². The number of phenolic OH excluding ortho intramolecular Hbond substituents is 1. The molecular formula is C25H33NO6. The number of nitrogens with one attached hydrogen (secondary N) is 1. The Hall–Kier alpha value is -2.93. The zero-order chi connectivity index (χ0) is 23.8. The summed E-state index contributed by atoms with van der Waals surface area (Å²) < 4.78 is 16.3. The average Bonchev–Trinajstić information content (AvgIpc) is 3.15. The highest BCUT2D eigenvalue weighted by molar-refractivity contribution is 5.76. The van der Waals surface area contributed by atoms with E-state index in [1.54, 1.807) is 25.3 Å². The maximum absolute atomic E-state index is 12.2. The third-order valence-electron chi connectivity index (χ3n) is 5.56. The molecule has 0 saturated heterocycles. The predicted molar refractivity (Wildman–Crippen MR) is 122 cm³/mol. The molecule has 0 radical (unpaired) electrons. The molecule has 0 saturated carbocycles. The largest absolute Gasteiger partial charge is 0.507 e. The quantitative estimate of drug-likeness (QED) is 0.598. The summed E-state index contributed by atoms with van der Waals surface area (Å²) in [5, 5.41) is 24.1. The number of phenols is 1. The molecule has 2 aromatic rings. The van der Waals surface area contributed by atoms with E-state index in [1.165, 1.54) is 0 Å². The van der Waals surface area contributed by atoms with Crippen LogP contribution in [0.3, 0.4) is 0 Å². The highest BCUT2D eigenvalue weighted by Crippen LogP contribution is 2.43. The molecule has 1 aliphatic heterocycles. The molecule has 3 N–H and O–H groups in total. The molecule has 1 heterocycles. The molecule has 174 valence electrons. The number of carbonyl (C=O) groups is 1. The molecule has 0 fully saturated rings. The van der Waals surface area contributed by atoms with Crippen molar-refractivity contribution >= 4 is 5.97 Å². The van der Waals surface area contributed by atoms with E-state index in [9.17, 15) is 15.0 Å². The zero-order valence-electron chi connectivity index (χ0n) is 19.8. The van der Waals surface area contributed by atoms with Crippen LogP contribution in [0.4, 0.5) is 0 Å². The third-order valence-corrected chi connectivity index (χ3v) is 5.56. The number of methoxy groups -OCH3 is 1. The number of aromatic hydroxyl groups is 1. The van der Waals surface area contributed by atoms with Gasteiger partial charge >= 0.3 is 5.97 Å². The van der Waals surface area contributed by atoms with E-state index in [2.05, 4.69) is 5.32 Å². The van der Waals surface area contributed by atoms with E-state index in [-0.39, 0.29) is 29.9 Å². The Morgan fingerprint density at radius 1 is 1.06 bits per heavy atom. The number of carboxylic acids is 1. The first-order chi connectivity index (χ1) is 14.8. The summed E-state index contributed by atoms with van der Waals surface area (Å²) in [6.07, 6.45) is 0. The smallest absolute Gasteiger partial charge is 0.325 e. The third kappa shape index (κ3) is 4.78. The van der Waals surface area contributed by atoms with Crippen LogP contribution < -0.4 is 19.5 Å². The lowest BCUT2D eigenvalue weighted by atomic mass is 9.77. The molecule has 7 nitrogen and oxygen atoms in total. The van der Waals surface area contributed by atoms with Crippen LogP contribution in [0, 0.1) is 0 Å². The molecule has 0 spiro atoms. The minimum Gasteiger partial charge on any atom is -0.507 e. The fourth-order valence-electron chi connectivity index (χ4n) is 3.82. The first-order valence-electron chi connectivity index (χ1n) is 10.6. The zero-order valence-corrected chi connectivity index (χ0v) is 19.8. The molecule has 0 aliphatic carbocycles. The van der Waals surface area contributed by atoms with Gasteiger partial charge in [-0.15, -0.1) is 0 Å². The van der Waals surface area contributed by atoms with Crippen molar-refractivity contribution in [2.75, 3.05) is 13.9 Å². The van der Waals surface area contributed by atoms with Crippen molar-refractivity contribution < 1.29 is 29.2 Å². The summed E-state index contributed by atoms with van der Waals surface area (Å²) in [5.41, 5.74) is 2.14. The van der Waals surface area contributed by atoms with Crippen LogP contribution in [-0.2, 0) is 22.2 Å². The first-order valence-corrected chi connectivity index (χ1v) is 10.6. The van der Waals surface area contributed by atoms with Crippen molar-refractivity contribution in [1.29, 1.82) is 0 Å². The highest BCUT2D eigenvalue weighted by Gasteiger charge is 2.30. The number of benzene rings is 2. The summed E-state index contributed by atoms with van der Waals surface area (Å²) in [6.45, 7) is 12.4. The van der Waals surface area contributed by atoms with E-state index in [0.717, 1.165) is 16.7 Å². The maximum Gasteiger partial charge on any atom is 0.325 e.